The first-order valence-electron chi connectivity index (χ1n) is 10.9. The third-order valence-corrected chi connectivity index (χ3v) is 5.98. The highest BCUT2D eigenvalue weighted by molar-refractivity contribution is 6.25. The van der Waals surface area contributed by atoms with Gasteiger partial charge in [0, 0.05) is 44.2 Å². The van der Waals surface area contributed by atoms with Gasteiger partial charge in [-0.15, -0.1) is 0 Å². The average Bonchev–Trinajstić information content (AvgIpc) is 3.16. The maximum atomic E-state index is 13.0. The highest BCUT2D eigenvalue weighted by atomic mass is 16.6. The molecule has 1 N–H and O–H groups in total. The summed E-state index contributed by atoms with van der Waals surface area (Å²) in [5.74, 6) is 0.277. The Bertz CT molecular complexity index is 1190. The van der Waals surface area contributed by atoms with Crippen LogP contribution in [0, 0.1) is 15.5 Å². The van der Waals surface area contributed by atoms with Crippen molar-refractivity contribution >= 4 is 28.7 Å². The number of nitrogens with zero attached hydrogens (tertiary/aromatic N) is 3. The molecule has 0 amide bonds. The molecular formula is C24H25N3O6. The van der Waals surface area contributed by atoms with Crippen molar-refractivity contribution in [2.75, 3.05) is 0 Å². The number of carbonyl (C=O) groups excluding carboxylic acids is 2. The van der Waals surface area contributed by atoms with E-state index in [0.717, 1.165) is 6.42 Å². The summed E-state index contributed by atoms with van der Waals surface area (Å²) in [6, 6.07) is 5.73. The molecule has 2 aromatic rings. The van der Waals surface area contributed by atoms with E-state index in [4.69, 9.17) is 4.52 Å². The maximum Gasteiger partial charge on any atom is 0.269 e. The Labute approximate surface area is 190 Å². The number of aliphatic hydroxyl groups excluding tert-OH is 1. The molecule has 1 saturated carbocycles. The second kappa shape index (κ2) is 8.73. The number of carbonyl (C=O) groups is 2. The maximum absolute atomic E-state index is 13.0. The van der Waals surface area contributed by atoms with Crippen molar-refractivity contribution in [3.63, 3.8) is 0 Å². The van der Waals surface area contributed by atoms with Crippen molar-refractivity contribution in [2.24, 2.45) is 10.4 Å². The molecule has 1 fully saturated rings. The molecular weight excluding hydrogens is 426 g/mol. The van der Waals surface area contributed by atoms with E-state index in [0.29, 0.717) is 47.7 Å². The lowest BCUT2D eigenvalue weighted by Gasteiger charge is -2.31. The summed E-state index contributed by atoms with van der Waals surface area (Å²) in [4.78, 5) is 40.2. The number of non-ortho nitro benzene ring substituents is 1. The number of ketones is 2. The van der Waals surface area contributed by atoms with Crippen LogP contribution >= 0.6 is 0 Å². The van der Waals surface area contributed by atoms with Crippen LogP contribution in [0.3, 0.4) is 0 Å². The van der Waals surface area contributed by atoms with E-state index < -0.39 is 4.92 Å². The first-order chi connectivity index (χ1) is 15.6. The van der Waals surface area contributed by atoms with Crippen LogP contribution < -0.4 is 0 Å². The zero-order valence-corrected chi connectivity index (χ0v) is 18.6. The number of hydrogen-bond donors (Lipinski definition) is 1. The molecule has 4 rings (SSSR count). The van der Waals surface area contributed by atoms with Crippen LogP contribution in [0.15, 0.2) is 45.1 Å². The number of benzene rings is 1. The fourth-order valence-electron chi connectivity index (χ4n) is 4.43. The van der Waals surface area contributed by atoms with Gasteiger partial charge in [-0.1, -0.05) is 19.0 Å². The normalized spacial score (nSPS) is 20.6. The van der Waals surface area contributed by atoms with Gasteiger partial charge in [0.05, 0.1) is 33.2 Å². The molecule has 1 heterocycles. The summed E-state index contributed by atoms with van der Waals surface area (Å²) >= 11 is 0. The van der Waals surface area contributed by atoms with Crippen molar-refractivity contribution < 1.29 is 24.1 Å². The van der Waals surface area contributed by atoms with Crippen LogP contribution in [-0.2, 0) is 17.6 Å². The van der Waals surface area contributed by atoms with Gasteiger partial charge in [0.2, 0.25) is 0 Å². The minimum Gasteiger partial charge on any atom is -0.511 e. The summed E-state index contributed by atoms with van der Waals surface area (Å²) in [6.45, 7) is 3.91. The number of Topliss-reactive ketones (excluding diaryl/α,β-unsaturated/α-hetero) is 2. The Hall–Kier alpha value is -3.62. The van der Waals surface area contributed by atoms with Crippen molar-refractivity contribution in [3.05, 3.63) is 62.7 Å². The molecule has 0 aliphatic heterocycles. The van der Waals surface area contributed by atoms with Crippen LogP contribution in [0.25, 0.3) is 0 Å². The second-order valence-corrected chi connectivity index (χ2v) is 9.30. The number of aliphatic imine (C=N–C) groups is 1. The Kier molecular flexibility index (Phi) is 5.97. The summed E-state index contributed by atoms with van der Waals surface area (Å²) in [5, 5.41) is 25.8. The lowest BCUT2D eigenvalue weighted by Crippen LogP contribution is -2.32. The summed E-state index contributed by atoms with van der Waals surface area (Å²) in [6.07, 6.45) is 2.97. The lowest BCUT2D eigenvalue weighted by atomic mass is 9.73. The van der Waals surface area contributed by atoms with E-state index in [2.05, 4.69) is 10.1 Å². The van der Waals surface area contributed by atoms with Gasteiger partial charge in [0.15, 0.2) is 11.6 Å². The molecule has 9 heteroatoms. The Balaban J connectivity index is 1.63. The molecule has 0 radical (unpaired) electrons. The number of hydrogen-bond acceptors (Lipinski definition) is 8. The monoisotopic (exact) mass is 451 g/mol. The Morgan fingerprint density at radius 2 is 1.91 bits per heavy atom. The van der Waals surface area contributed by atoms with E-state index in [9.17, 15) is 24.8 Å². The van der Waals surface area contributed by atoms with Crippen LogP contribution in [0.5, 0.6) is 0 Å². The SMILES string of the molecule is CC1(C)CC(=O)/C(=C(/O)CCc2noc3c2C(=O)CCC3)C(=Nc2ccc([N+](=O)[O-])cc2)C1. The molecule has 2 aliphatic rings. The zero-order valence-electron chi connectivity index (χ0n) is 18.6. The molecule has 1 aromatic heterocycles. The third kappa shape index (κ3) is 4.76. The molecule has 33 heavy (non-hydrogen) atoms. The molecule has 0 unspecified atom stereocenters. The van der Waals surface area contributed by atoms with Gasteiger partial charge in [-0.25, -0.2) is 0 Å². The average molecular weight is 451 g/mol. The lowest BCUT2D eigenvalue weighted by molar-refractivity contribution is -0.384. The van der Waals surface area contributed by atoms with E-state index in [1.807, 2.05) is 13.8 Å². The van der Waals surface area contributed by atoms with Gasteiger partial charge in [0.25, 0.3) is 5.69 Å². The van der Waals surface area contributed by atoms with Crippen LogP contribution in [0.2, 0.25) is 0 Å². The molecule has 1 aromatic carbocycles. The second-order valence-electron chi connectivity index (χ2n) is 9.30. The first kappa shape index (κ1) is 22.6. The highest BCUT2D eigenvalue weighted by Gasteiger charge is 2.36. The smallest absolute Gasteiger partial charge is 0.269 e. The number of aryl methyl sites for hydroxylation is 2. The van der Waals surface area contributed by atoms with E-state index in [1.54, 1.807) is 0 Å². The molecule has 0 spiro atoms. The van der Waals surface area contributed by atoms with Crippen molar-refractivity contribution in [1.82, 2.24) is 5.16 Å². The fourth-order valence-corrected chi connectivity index (χ4v) is 4.43. The zero-order chi connectivity index (χ0) is 23.8. The molecule has 2 aliphatic carbocycles. The summed E-state index contributed by atoms with van der Waals surface area (Å²) in [7, 11) is 0. The summed E-state index contributed by atoms with van der Waals surface area (Å²) in [5.41, 5.74) is 1.70. The van der Waals surface area contributed by atoms with Gasteiger partial charge in [0.1, 0.15) is 11.5 Å². The van der Waals surface area contributed by atoms with E-state index >= 15 is 0 Å². The number of nitro groups is 1. The predicted molar refractivity (Wildman–Crippen MR) is 120 cm³/mol. The molecule has 172 valence electrons. The molecule has 0 atom stereocenters. The van der Waals surface area contributed by atoms with Crippen LogP contribution in [0.4, 0.5) is 11.4 Å². The van der Waals surface area contributed by atoms with Crippen molar-refractivity contribution in [2.45, 2.75) is 58.8 Å². The van der Waals surface area contributed by atoms with Gasteiger partial charge >= 0.3 is 0 Å². The van der Waals surface area contributed by atoms with E-state index in [1.165, 1.54) is 24.3 Å². The Morgan fingerprint density at radius 3 is 2.61 bits per heavy atom. The van der Waals surface area contributed by atoms with Crippen LogP contribution in [0.1, 0.15) is 67.8 Å². The largest absolute Gasteiger partial charge is 0.511 e. The first-order valence-corrected chi connectivity index (χ1v) is 10.9. The highest BCUT2D eigenvalue weighted by Crippen LogP contribution is 2.37. The number of fused-ring (bicyclic) bond motifs is 1. The number of aromatic nitrogens is 1. The Morgan fingerprint density at radius 1 is 1.18 bits per heavy atom. The number of nitro benzene ring substituents is 1. The third-order valence-electron chi connectivity index (χ3n) is 5.98. The number of rotatable bonds is 5. The molecule has 0 bridgehead atoms. The topological polar surface area (TPSA) is 136 Å². The van der Waals surface area contributed by atoms with Crippen molar-refractivity contribution in [3.8, 4) is 0 Å². The van der Waals surface area contributed by atoms with Gasteiger partial charge in [-0.05, 0) is 30.4 Å². The van der Waals surface area contributed by atoms with Gasteiger partial charge < -0.3 is 9.63 Å². The fraction of sp³-hybridized carbons (Fsp3) is 0.417. The quantitative estimate of drug-likeness (QED) is 0.292. The minimum absolute atomic E-state index is 0.00411. The summed E-state index contributed by atoms with van der Waals surface area (Å²) < 4.78 is 5.30. The van der Waals surface area contributed by atoms with Gasteiger partial charge in [-0.2, -0.15) is 0 Å². The number of aliphatic hydroxyl groups is 1. The van der Waals surface area contributed by atoms with Crippen LogP contribution in [-0.4, -0.2) is 32.5 Å². The van der Waals surface area contributed by atoms with Gasteiger partial charge in [-0.3, -0.25) is 24.7 Å². The predicted octanol–water partition coefficient (Wildman–Crippen LogP) is 5.01. The van der Waals surface area contributed by atoms with E-state index in [-0.39, 0.29) is 53.3 Å². The minimum atomic E-state index is -0.491. The molecule has 0 saturated heterocycles. The number of allylic oxidation sites excluding steroid dienone is 2. The molecule has 9 nitrogen and oxygen atoms in total. The van der Waals surface area contributed by atoms with Crippen molar-refractivity contribution in [1.29, 1.82) is 0 Å². The standard InChI is InChI=1S/C24H25N3O6/c1-24(2)12-17(25-14-6-8-15(9-7-14)27(31)32)22(20(30)13-24)19(29)11-10-16-23-18(28)4-3-5-21(23)33-26-16/h6-9,29H,3-5,10-13H2,1-2H3/b22-19+,25-17?.